The van der Waals surface area contributed by atoms with E-state index in [9.17, 15) is 9.59 Å². The summed E-state index contributed by atoms with van der Waals surface area (Å²) in [5.41, 5.74) is 0.991. The van der Waals surface area contributed by atoms with Crippen LogP contribution in [-0.2, 0) is 7.05 Å². The minimum Gasteiger partial charge on any atom is -0.465 e. The van der Waals surface area contributed by atoms with Crippen molar-refractivity contribution in [1.29, 1.82) is 0 Å². The molecule has 1 aliphatic heterocycles. The van der Waals surface area contributed by atoms with Crippen LogP contribution in [0.4, 0.5) is 4.79 Å². The van der Waals surface area contributed by atoms with Crippen LogP contribution >= 0.6 is 11.3 Å². The predicted molar refractivity (Wildman–Crippen MR) is 71.7 cm³/mol. The molecule has 0 bridgehead atoms. The Labute approximate surface area is 115 Å². The molecule has 104 valence electrons. The molecule has 6 nitrogen and oxygen atoms in total. The van der Waals surface area contributed by atoms with Crippen molar-refractivity contribution in [2.24, 2.45) is 12.0 Å². The van der Waals surface area contributed by atoms with Crippen molar-refractivity contribution in [1.82, 2.24) is 9.47 Å². The van der Waals surface area contributed by atoms with Crippen LogP contribution in [0.15, 0.2) is 4.99 Å². The van der Waals surface area contributed by atoms with E-state index in [0.717, 1.165) is 29.6 Å². The van der Waals surface area contributed by atoms with Gasteiger partial charge in [-0.1, -0.05) is 11.3 Å². The Morgan fingerprint density at radius 3 is 2.58 bits per heavy atom. The molecule has 2 heterocycles. The summed E-state index contributed by atoms with van der Waals surface area (Å²) < 4.78 is 1.95. The number of hydrogen-bond donors (Lipinski definition) is 1. The lowest BCUT2D eigenvalue weighted by atomic mass is 9.93. The molecule has 1 N–H and O–H groups in total. The van der Waals surface area contributed by atoms with Crippen molar-refractivity contribution < 1.29 is 14.7 Å². The molecule has 7 heteroatoms. The molecule has 0 unspecified atom stereocenters. The minimum atomic E-state index is -0.868. The van der Waals surface area contributed by atoms with Gasteiger partial charge in [-0.15, -0.1) is 0 Å². The Morgan fingerprint density at radius 2 is 2.11 bits per heavy atom. The Balaban J connectivity index is 2.27. The first kappa shape index (κ1) is 13.8. The van der Waals surface area contributed by atoms with Gasteiger partial charge in [0.05, 0.1) is 4.88 Å². The van der Waals surface area contributed by atoms with E-state index < -0.39 is 6.09 Å². The number of aldehydes is 1. The molecule has 19 heavy (non-hydrogen) atoms. The van der Waals surface area contributed by atoms with Gasteiger partial charge in [-0.2, -0.15) is 0 Å². The van der Waals surface area contributed by atoms with Crippen LogP contribution in [0.5, 0.6) is 0 Å². The SMILES string of the molecule is C/N=c1\sc(C=O)c(C2CCN(C(=O)O)CC2)n1C. The number of aromatic nitrogens is 1. The van der Waals surface area contributed by atoms with Crippen molar-refractivity contribution in [3.63, 3.8) is 0 Å². The van der Waals surface area contributed by atoms with E-state index in [1.54, 1.807) is 7.05 Å². The van der Waals surface area contributed by atoms with Crippen molar-refractivity contribution in [2.75, 3.05) is 20.1 Å². The Kier molecular flexibility index (Phi) is 4.04. The summed E-state index contributed by atoms with van der Waals surface area (Å²) in [6.45, 7) is 1.04. The van der Waals surface area contributed by atoms with Crippen LogP contribution in [-0.4, -0.2) is 47.1 Å². The average molecular weight is 283 g/mol. The molecule has 0 radical (unpaired) electrons. The largest absolute Gasteiger partial charge is 0.465 e. The van der Waals surface area contributed by atoms with Crippen LogP contribution in [0.3, 0.4) is 0 Å². The maximum Gasteiger partial charge on any atom is 0.407 e. The summed E-state index contributed by atoms with van der Waals surface area (Å²) in [4.78, 5) is 29.2. The van der Waals surface area contributed by atoms with Crippen LogP contribution in [0, 0.1) is 0 Å². The fraction of sp³-hybridized carbons (Fsp3) is 0.583. The van der Waals surface area contributed by atoms with Gasteiger partial charge in [-0.3, -0.25) is 9.79 Å². The van der Waals surface area contributed by atoms with E-state index in [-0.39, 0.29) is 5.92 Å². The smallest absolute Gasteiger partial charge is 0.407 e. The molecule has 1 aromatic heterocycles. The molecule has 0 atom stereocenters. The molecule has 0 aromatic carbocycles. The second-order valence-electron chi connectivity index (χ2n) is 4.58. The number of nitrogens with zero attached hydrogens (tertiary/aromatic N) is 3. The molecule has 0 spiro atoms. The van der Waals surface area contributed by atoms with E-state index in [1.165, 1.54) is 16.2 Å². The number of piperidine rings is 1. The predicted octanol–water partition coefficient (Wildman–Crippen LogP) is 1.29. The Morgan fingerprint density at radius 1 is 1.47 bits per heavy atom. The van der Waals surface area contributed by atoms with Crippen molar-refractivity contribution in [2.45, 2.75) is 18.8 Å². The minimum absolute atomic E-state index is 0.229. The molecule has 1 aliphatic rings. The van der Waals surface area contributed by atoms with Gasteiger partial charge in [0.2, 0.25) is 0 Å². The second-order valence-corrected chi connectivity index (χ2v) is 5.59. The number of likely N-dealkylation sites (tertiary alicyclic amines) is 1. The number of thiazole rings is 1. The average Bonchev–Trinajstić information content (AvgIpc) is 2.75. The highest BCUT2D eigenvalue weighted by atomic mass is 32.1. The van der Waals surface area contributed by atoms with E-state index >= 15 is 0 Å². The lowest BCUT2D eigenvalue weighted by molar-refractivity contribution is 0.112. The van der Waals surface area contributed by atoms with Gasteiger partial charge in [0.15, 0.2) is 11.1 Å². The van der Waals surface area contributed by atoms with Gasteiger partial charge < -0.3 is 14.6 Å². The van der Waals surface area contributed by atoms with Crippen LogP contribution in [0.1, 0.15) is 34.1 Å². The second kappa shape index (κ2) is 5.56. The van der Waals surface area contributed by atoms with E-state index in [0.29, 0.717) is 18.0 Å². The van der Waals surface area contributed by atoms with Crippen LogP contribution in [0.25, 0.3) is 0 Å². The van der Waals surface area contributed by atoms with Gasteiger partial charge >= 0.3 is 6.09 Å². The first-order chi connectivity index (χ1) is 9.08. The van der Waals surface area contributed by atoms with Gasteiger partial charge in [-0.25, -0.2) is 4.79 Å². The van der Waals surface area contributed by atoms with Crippen LogP contribution in [0.2, 0.25) is 0 Å². The number of rotatable bonds is 2. The van der Waals surface area contributed by atoms with Crippen molar-refractivity contribution in [3.05, 3.63) is 15.4 Å². The van der Waals surface area contributed by atoms with Gasteiger partial charge in [-0.05, 0) is 12.8 Å². The lowest BCUT2D eigenvalue weighted by Crippen LogP contribution is -2.37. The third-order valence-electron chi connectivity index (χ3n) is 3.55. The number of carbonyl (C=O) groups is 2. The monoisotopic (exact) mass is 283 g/mol. The molecule has 1 saturated heterocycles. The summed E-state index contributed by atoms with van der Waals surface area (Å²) >= 11 is 1.39. The van der Waals surface area contributed by atoms with Gasteiger partial charge in [0, 0.05) is 38.8 Å². The number of carbonyl (C=O) groups excluding carboxylic acids is 1. The number of hydrogen-bond acceptors (Lipinski definition) is 4. The first-order valence-electron chi connectivity index (χ1n) is 6.14. The van der Waals surface area contributed by atoms with E-state index in [1.807, 2.05) is 11.6 Å². The number of amides is 1. The topological polar surface area (TPSA) is 74.9 Å². The standard InChI is InChI=1S/C12H17N3O3S/c1-13-11-14(2)10(9(7-16)19-11)8-3-5-15(6-4-8)12(17)18/h7-8H,3-6H2,1-2H3,(H,17,18)/b13-11-. The summed E-state index contributed by atoms with van der Waals surface area (Å²) in [5, 5.41) is 8.94. The van der Waals surface area contributed by atoms with E-state index in [4.69, 9.17) is 5.11 Å². The molecule has 1 amide bonds. The normalized spacial score (nSPS) is 17.8. The molecule has 1 fully saturated rings. The lowest BCUT2D eigenvalue weighted by Gasteiger charge is -2.30. The summed E-state index contributed by atoms with van der Waals surface area (Å²) in [5.74, 6) is 0.229. The molecule has 1 aromatic rings. The highest BCUT2D eigenvalue weighted by Gasteiger charge is 2.27. The summed E-state index contributed by atoms with van der Waals surface area (Å²) in [6, 6.07) is 0. The molecule has 2 rings (SSSR count). The van der Waals surface area contributed by atoms with Gasteiger partial charge in [0.1, 0.15) is 0 Å². The highest BCUT2D eigenvalue weighted by Crippen LogP contribution is 2.30. The third kappa shape index (κ3) is 2.56. The number of carboxylic acid groups (broad SMARTS) is 1. The molecule has 0 aliphatic carbocycles. The molecule has 0 saturated carbocycles. The zero-order chi connectivity index (χ0) is 14.0. The summed E-state index contributed by atoms with van der Waals surface area (Å²) in [7, 11) is 3.61. The fourth-order valence-electron chi connectivity index (χ4n) is 2.59. The fourth-order valence-corrected chi connectivity index (χ4v) is 3.57. The quantitative estimate of drug-likeness (QED) is 0.831. The molecular formula is C12H17N3O3S. The van der Waals surface area contributed by atoms with Crippen LogP contribution < -0.4 is 4.80 Å². The first-order valence-corrected chi connectivity index (χ1v) is 6.95. The van der Waals surface area contributed by atoms with Crippen molar-refractivity contribution in [3.8, 4) is 0 Å². The zero-order valence-corrected chi connectivity index (χ0v) is 11.8. The molecular weight excluding hydrogens is 266 g/mol. The maximum atomic E-state index is 11.2. The highest BCUT2D eigenvalue weighted by molar-refractivity contribution is 7.11. The Bertz CT molecular complexity index is 553. The third-order valence-corrected chi connectivity index (χ3v) is 4.72. The van der Waals surface area contributed by atoms with E-state index in [2.05, 4.69) is 4.99 Å². The summed E-state index contributed by atoms with van der Waals surface area (Å²) in [6.07, 6.45) is 1.51. The maximum absolute atomic E-state index is 11.2. The van der Waals surface area contributed by atoms with Crippen molar-refractivity contribution >= 4 is 23.7 Å². The van der Waals surface area contributed by atoms with Gasteiger partial charge in [0.25, 0.3) is 0 Å². The zero-order valence-electron chi connectivity index (χ0n) is 11.0. The Hall–Kier alpha value is -1.63.